The average Bonchev–Trinajstić information content (AvgIpc) is 3.28. The monoisotopic (exact) mass is 464 g/mol. The van der Waals surface area contributed by atoms with Crippen molar-refractivity contribution in [3.8, 4) is 11.4 Å². The number of fused-ring (bicyclic) bond motifs is 1. The number of rotatable bonds is 4. The minimum Gasteiger partial charge on any atom is -0.312 e. The number of oxime groups is 1. The van der Waals surface area contributed by atoms with Crippen LogP contribution in [-0.2, 0) is 11.0 Å². The highest BCUT2D eigenvalue weighted by Crippen LogP contribution is 2.29. The van der Waals surface area contributed by atoms with E-state index in [-0.39, 0.29) is 10.4 Å². The van der Waals surface area contributed by atoms with Crippen LogP contribution < -0.4 is 0 Å². The van der Waals surface area contributed by atoms with E-state index in [2.05, 4.69) is 15.2 Å². The maximum atomic E-state index is 12.8. The van der Waals surface area contributed by atoms with Gasteiger partial charge in [0.25, 0.3) is 0 Å². The van der Waals surface area contributed by atoms with E-state index in [1.807, 2.05) is 0 Å². The molecule has 0 aliphatic rings. The van der Waals surface area contributed by atoms with Crippen molar-refractivity contribution in [2.24, 2.45) is 5.16 Å². The van der Waals surface area contributed by atoms with Crippen molar-refractivity contribution in [1.82, 2.24) is 14.6 Å². The Balaban J connectivity index is 1.50. The Labute approximate surface area is 182 Å². The molecule has 158 valence electrons. The fraction of sp³-hybridized carbons (Fsp3) is 0.100. The number of alkyl halides is 3. The van der Waals surface area contributed by atoms with Gasteiger partial charge in [-0.15, -0.1) is 5.10 Å². The zero-order valence-corrected chi connectivity index (χ0v) is 17.3. The highest BCUT2D eigenvalue weighted by molar-refractivity contribution is 7.19. The van der Waals surface area contributed by atoms with Gasteiger partial charge >= 0.3 is 12.1 Å². The van der Waals surface area contributed by atoms with Crippen LogP contribution in [0.5, 0.6) is 0 Å². The van der Waals surface area contributed by atoms with E-state index in [0.717, 1.165) is 35.2 Å². The van der Waals surface area contributed by atoms with Gasteiger partial charge < -0.3 is 4.84 Å². The van der Waals surface area contributed by atoms with Gasteiger partial charge in [-0.3, -0.25) is 0 Å². The van der Waals surface area contributed by atoms with Crippen molar-refractivity contribution in [2.45, 2.75) is 13.1 Å². The minimum atomic E-state index is -4.47. The smallest absolute Gasteiger partial charge is 0.312 e. The van der Waals surface area contributed by atoms with Crippen LogP contribution in [0.1, 0.15) is 26.5 Å². The zero-order chi connectivity index (χ0) is 22.2. The standard InChI is InChI=1S/C20H12ClF3N4O2S/c1-11-16(18(29)30-25-10-12-3-2-4-14(9-12)20(22,23)24)31-19-26-17(27-28(11)19)13-5-7-15(21)8-6-13/h2-10H,1H3. The average molecular weight is 465 g/mol. The Morgan fingerprint density at radius 3 is 2.65 bits per heavy atom. The number of hydrogen-bond donors (Lipinski definition) is 0. The summed E-state index contributed by atoms with van der Waals surface area (Å²) in [5.41, 5.74) is 0.608. The molecule has 0 aliphatic carbocycles. The van der Waals surface area contributed by atoms with E-state index >= 15 is 0 Å². The Bertz CT molecular complexity index is 1300. The van der Waals surface area contributed by atoms with Crippen LogP contribution in [-0.4, -0.2) is 26.8 Å². The van der Waals surface area contributed by atoms with Crippen LogP contribution in [0.4, 0.5) is 13.2 Å². The fourth-order valence-corrected chi connectivity index (χ4v) is 3.79. The number of nitrogens with zero attached hydrogens (tertiary/aromatic N) is 4. The molecule has 0 amide bonds. The normalized spacial score (nSPS) is 12.0. The third-order valence-corrected chi connectivity index (χ3v) is 5.62. The summed E-state index contributed by atoms with van der Waals surface area (Å²) < 4.78 is 39.8. The van der Waals surface area contributed by atoms with Gasteiger partial charge in [0.1, 0.15) is 4.88 Å². The topological polar surface area (TPSA) is 68.8 Å². The van der Waals surface area contributed by atoms with Crippen LogP contribution in [0.25, 0.3) is 16.3 Å². The van der Waals surface area contributed by atoms with Crippen molar-refractivity contribution >= 4 is 40.1 Å². The number of carbonyl (C=O) groups is 1. The molecule has 31 heavy (non-hydrogen) atoms. The van der Waals surface area contributed by atoms with Crippen molar-refractivity contribution in [3.63, 3.8) is 0 Å². The van der Waals surface area contributed by atoms with E-state index < -0.39 is 17.7 Å². The van der Waals surface area contributed by atoms with Gasteiger partial charge in [0.05, 0.1) is 17.5 Å². The summed E-state index contributed by atoms with van der Waals surface area (Å²) in [6, 6.07) is 11.5. The summed E-state index contributed by atoms with van der Waals surface area (Å²) in [6.45, 7) is 1.68. The maximum Gasteiger partial charge on any atom is 0.416 e. The molecule has 0 aliphatic heterocycles. The molecule has 0 saturated heterocycles. The molecule has 0 saturated carbocycles. The first-order valence-corrected chi connectivity index (χ1v) is 9.96. The third kappa shape index (κ3) is 4.44. The lowest BCUT2D eigenvalue weighted by Gasteiger charge is -2.06. The first kappa shape index (κ1) is 21.0. The van der Waals surface area contributed by atoms with E-state index in [1.54, 1.807) is 31.2 Å². The van der Waals surface area contributed by atoms with Crippen molar-refractivity contribution in [1.29, 1.82) is 0 Å². The molecule has 11 heteroatoms. The minimum absolute atomic E-state index is 0.148. The summed E-state index contributed by atoms with van der Waals surface area (Å²) in [7, 11) is 0. The Morgan fingerprint density at radius 1 is 1.23 bits per heavy atom. The molecular weight excluding hydrogens is 453 g/mol. The zero-order valence-electron chi connectivity index (χ0n) is 15.7. The first-order chi connectivity index (χ1) is 14.7. The number of thiazole rings is 1. The van der Waals surface area contributed by atoms with E-state index in [1.165, 1.54) is 16.6 Å². The van der Waals surface area contributed by atoms with Gasteiger partial charge in [0.2, 0.25) is 4.96 Å². The lowest BCUT2D eigenvalue weighted by molar-refractivity contribution is -0.137. The largest absolute Gasteiger partial charge is 0.416 e. The fourth-order valence-electron chi connectivity index (χ4n) is 2.73. The molecule has 0 radical (unpaired) electrons. The first-order valence-electron chi connectivity index (χ1n) is 8.76. The number of halogens is 4. The Morgan fingerprint density at radius 2 is 1.97 bits per heavy atom. The number of benzene rings is 2. The quantitative estimate of drug-likeness (QED) is 0.223. The molecule has 2 aromatic carbocycles. The highest BCUT2D eigenvalue weighted by Gasteiger charge is 2.30. The molecule has 0 bridgehead atoms. The van der Waals surface area contributed by atoms with Crippen molar-refractivity contribution in [3.05, 3.63) is 75.3 Å². The van der Waals surface area contributed by atoms with Gasteiger partial charge in [-0.2, -0.15) is 18.2 Å². The molecule has 6 nitrogen and oxygen atoms in total. The molecule has 2 heterocycles. The number of carbonyl (C=O) groups excluding carboxylic acids is 1. The van der Waals surface area contributed by atoms with Gasteiger partial charge in [-0.1, -0.05) is 40.2 Å². The molecule has 0 spiro atoms. The van der Waals surface area contributed by atoms with Crippen LogP contribution in [0.2, 0.25) is 5.02 Å². The molecule has 4 rings (SSSR count). The summed E-state index contributed by atoms with van der Waals surface area (Å²) in [5.74, 6) is -0.278. The second kappa shape index (κ2) is 8.12. The molecule has 0 N–H and O–H groups in total. The molecular formula is C20H12ClF3N4O2S. The van der Waals surface area contributed by atoms with E-state index in [0.29, 0.717) is 21.5 Å². The molecule has 4 aromatic rings. The van der Waals surface area contributed by atoms with Crippen LogP contribution in [0, 0.1) is 6.92 Å². The summed E-state index contributed by atoms with van der Waals surface area (Å²) in [4.78, 5) is 22.3. The Kier molecular flexibility index (Phi) is 5.50. The van der Waals surface area contributed by atoms with E-state index in [4.69, 9.17) is 16.4 Å². The van der Waals surface area contributed by atoms with Crippen molar-refractivity contribution in [2.75, 3.05) is 0 Å². The molecule has 2 aromatic heterocycles. The SMILES string of the molecule is Cc1c(C(=O)ON=Cc2cccc(C(F)(F)F)c2)sc2nc(-c3ccc(Cl)cc3)nn12. The summed E-state index contributed by atoms with van der Waals surface area (Å²) in [5, 5.41) is 8.50. The third-order valence-electron chi connectivity index (χ3n) is 4.26. The predicted molar refractivity (Wildman–Crippen MR) is 111 cm³/mol. The number of aryl methyl sites for hydroxylation is 1. The lowest BCUT2D eigenvalue weighted by atomic mass is 10.1. The molecule has 0 atom stereocenters. The predicted octanol–water partition coefficient (Wildman–Crippen LogP) is 5.63. The van der Waals surface area contributed by atoms with Crippen LogP contribution in [0.15, 0.2) is 53.7 Å². The number of hydrogen-bond acceptors (Lipinski definition) is 6. The van der Waals surface area contributed by atoms with E-state index in [9.17, 15) is 18.0 Å². The number of aromatic nitrogens is 3. The van der Waals surface area contributed by atoms with Gasteiger partial charge in [-0.25, -0.2) is 9.31 Å². The van der Waals surface area contributed by atoms with Crippen LogP contribution in [0.3, 0.4) is 0 Å². The molecule has 0 unspecified atom stereocenters. The summed E-state index contributed by atoms with van der Waals surface area (Å²) in [6.07, 6.45) is -3.43. The lowest BCUT2D eigenvalue weighted by Crippen LogP contribution is -2.05. The summed E-state index contributed by atoms with van der Waals surface area (Å²) >= 11 is 6.96. The van der Waals surface area contributed by atoms with Crippen LogP contribution >= 0.6 is 22.9 Å². The van der Waals surface area contributed by atoms with Crippen molar-refractivity contribution < 1.29 is 22.8 Å². The highest BCUT2D eigenvalue weighted by atomic mass is 35.5. The Hall–Kier alpha value is -3.24. The second-order valence-corrected chi connectivity index (χ2v) is 7.80. The van der Waals surface area contributed by atoms with Gasteiger partial charge in [-0.05, 0) is 48.9 Å². The van der Waals surface area contributed by atoms with Gasteiger partial charge in [0.15, 0.2) is 5.82 Å². The second-order valence-electron chi connectivity index (χ2n) is 6.39. The molecule has 0 fully saturated rings. The maximum absolute atomic E-state index is 12.8. The van der Waals surface area contributed by atoms with Gasteiger partial charge in [0, 0.05) is 10.6 Å².